The van der Waals surface area contributed by atoms with Crippen LogP contribution in [0.1, 0.15) is 5.01 Å². The van der Waals surface area contributed by atoms with Crippen molar-refractivity contribution >= 4 is 45.6 Å². The fraction of sp³-hybridized carbons (Fsp3) is 0.207. The van der Waals surface area contributed by atoms with Gasteiger partial charge >= 0.3 is 0 Å². The van der Waals surface area contributed by atoms with Gasteiger partial charge in [-0.1, -0.05) is 17.3 Å². The Hall–Kier alpha value is -4.77. The Kier molecular flexibility index (Phi) is 8.02. The molecule has 0 atom stereocenters. The Morgan fingerprint density at radius 1 is 1.00 bits per heavy atom. The summed E-state index contributed by atoms with van der Waals surface area (Å²) in [7, 11) is 5.53. The minimum atomic E-state index is -0.304. The second-order valence-electron chi connectivity index (χ2n) is 9.33. The number of carbonyl (C=O) groups is 2. The third-order valence-corrected chi connectivity index (χ3v) is 7.16. The number of rotatable bonds is 10. The smallest absolute Gasteiger partial charge is 0.245 e. The summed E-state index contributed by atoms with van der Waals surface area (Å²) in [5, 5.41) is 13.8. The number of ether oxygens (including phenoxy) is 1. The summed E-state index contributed by atoms with van der Waals surface area (Å²) < 4.78 is 6.79. The molecule has 2 amide bonds. The molecule has 0 radical (unpaired) electrons. The fourth-order valence-corrected chi connectivity index (χ4v) is 4.97. The van der Waals surface area contributed by atoms with E-state index in [0.717, 1.165) is 28.2 Å². The molecule has 0 aliphatic carbocycles. The molecule has 0 saturated heterocycles. The molecule has 0 unspecified atom stereocenters. The lowest BCUT2D eigenvalue weighted by Gasteiger charge is -2.21. The van der Waals surface area contributed by atoms with Gasteiger partial charge in [-0.05, 0) is 60.7 Å². The predicted octanol–water partition coefficient (Wildman–Crippen LogP) is 4.30. The van der Waals surface area contributed by atoms with Gasteiger partial charge in [-0.3, -0.25) is 9.59 Å². The first-order chi connectivity index (χ1) is 19.4. The van der Waals surface area contributed by atoms with Gasteiger partial charge in [0.2, 0.25) is 11.8 Å². The van der Waals surface area contributed by atoms with Crippen molar-refractivity contribution in [3.63, 3.8) is 0 Å². The van der Waals surface area contributed by atoms with Crippen LogP contribution in [0.25, 0.3) is 22.3 Å². The van der Waals surface area contributed by atoms with E-state index in [-0.39, 0.29) is 31.4 Å². The van der Waals surface area contributed by atoms with E-state index < -0.39 is 0 Å². The molecule has 0 bridgehead atoms. The number of aromatic nitrogens is 4. The maximum absolute atomic E-state index is 13.5. The molecule has 0 fully saturated rings. The number of amides is 2. The summed E-state index contributed by atoms with van der Waals surface area (Å²) in [6.45, 7) is -0.0142. The minimum absolute atomic E-state index is 0.0535. The van der Waals surface area contributed by atoms with E-state index in [9.17, 15) is 9.59 Å². The quantitative estimate of drug-likeness (QED) is 0.274. The summed E-state index contributed by atoms with van der Waals surface area (Å²) in [5.41, 5.74) is 4.85. The van der Waals surface area contributed by atoms with E-state index in [1.54, 1.807) is 11.8 Å². The Morgan fingerprint density at radius 3 is 2.48 bits per heavy atom. The number of hydrogen-bond donors (Lipinski definition) is 1. The highest BCUT2D eigenvalue weighted by Crippen LogP contribution is 2.25. The number of thiazole rings is 1. The van der Waals surface area contributed by atoms with Crippen LogP contribution in [0, 0.1) is 0 Å². The number of fused-ring (bicyclic) bond motifs is 1. The number of methoxy groups -OCH3 is 1. The van der Waals surface area contributed by atoms with Crippen molar-refractivity contribution in [2.75, 3.05) is 38.0 Å². The van der Waals surface area contributed by atoms with Gasteiger partial charge in [0.25, 0.3) is 0 Å². The maximum Gasteiger partial charge on any atom is 0.245 e. The maximum atomic E-state index is 13.5. The van der Waals surface area contributed by atoms with Gasteiger partial charge in [-0.15, -0.1) is 16.4 Å². The molecule has 40 heavy (non-hydrogen) atoms. The highest BCUT2D eigenvalue weighted by atomic mass is 32.1. The van der Waals surface area contributed by atoms with E-state index in [1.165, 1.54) is 16.2 Å². The number of para-hydroxylation sites is 1. The predicted molar refractivity (Wildman–Crippen MR) is 156 cm³/mol. The average molecular weight is 556 g/mol. The highest BCUT2D eigenvalue weighted by molar-refractivity contribution is 7.09. The molecule has 204 valence electrons. The Balaban J connectivity index is 1.34. The number of carbonyl (C=O) groups excluding carboxylic acids is 2. The van der Waals surface area contributed by atoms with Crippen LogP contribution < -0.4 is 15.0 Å². The Morgan fingerprint density at radius 2 is 1.75 bits per heavy atom. The molecule has 2 heterocycles. The third kappa shape index (κ3) is 6.26. The number of nitrogens with zero attached hydrogens (tertiary/aromatic N) is 6. The molecule has 3 aromatic carbocycles. The summed E-state index contributed by atoms with van der Waals surface area (Å²) in [4.78, 5) is 34.8. The molecule has 0 aliphatic rings. The average Bonchev–Trinajstić information content (AvgIpc) is 3.60. The summed E-state index contributed by atoms with van der Waals surface area (Å²) in [6.07, 6.45) is 0. The zero-order valence-electron chi connectivity index (χ0n) is 22.4. The van der Waals surface area contributed by atoms with Crippen LogP contribution in [0.2, 0.25) is 0 Å². The number of hydrogen-bond acceptors (Lipinski definition) is 8. The lowest BCUT2D eigenvalue weighted by Crippen LogP contribution is -2.39. The molecule has 11 heteroatoms. The molecule has 0 spiro atoms. The van der Waals surface area contributed by atoms with Gasteiger partial charge in [0.05, 0.1) is 24.9 Å². The van der Waals surface area contributed by atoms with Crippen LogP contribution in [0.4, 0.5) is 11.4 Å². The van der Waals surface area contributed by atoms with Gasteiger partial charge in [-0.2, -0.15) is 0 Å². The van der Waals surface area contributed by atoms with Crippen LogP contribution >= 0.6 is 11.3 Å². The summed E-state index contributed by atoms with van der Waals surface area (Å²) >= 11 is 1.44. The molecule has 10 nitrogen and oxygen atoms in total. The van der Waals surface area contributed by atoms with Crippen LogP contribution in [0.5, 0.6) is 5.75 Å². The largest absolute Gasteiger partial charge is 0.497 e. The van der Waals surface area contributed by atoms with Gasteiger partial charge < -0.3 is 19.9 Å². The lowest BCUT2D eigenvalue weighted by molar-refractivity contribution is -0.136. The van der Waals surface area contributed by atoms with Gasteiger partial charge in [0, 0.05) is 36.4 Å². The molecule has 5 aromatic rings. The van der Waals surface area contributed by atoms with Crippen molar-refractivity contribution in [3.8, 4) is 17.0 Å². The number of nitrogens with one attached hydrogen (secondary N) is 1. The first-order valence-corrected chi connectivity index (χ1v) is 13.5. The summed E-state index contributed by atoms with van der Waals surface area (Å²) in [5.74, 6) is 0.190. The number of benzene rings is 3. The number of anilines is 2. The van der Waals surface area contributed by atoms with Gasteiger partial charge in [-0.25, -0.2) is 9.67 Å². The van der Waals surface area contributed by atoms with Crippen molar-refractivity contribution in [3.05, 3.63) is 83.2 Å². The minimum Gasteiger partial charge on any atom is -0.497 e. The first-order valence-electron chi connectivity index (χ1n) is 12.6. The Bertz CT molecular complexity index is 1610. The van der Waals surface area contributed by atoms with Crippen LogP contribution in [-0.4, -0.2) is 64.4 Å². The normalized spacial score (nSPS) is 10.9. The van der Waals surface area contributed by atoms with Gasteiger partial charge in [0.15, 0.2) is 0 Å². The Labute approximate surface area is 235 Å². The topological polar surface area (TPSA) is 105 Å². The first kappa shape index (κ1) is 26.8. The zero-order valence-corrected chi connectivity index (χ0v) is 23.3. The zero-order chi connectivity index (χ0) is 28.1. The fourth-order valence-electron chi connectivity index (χ4n) is 4.15. The molecule has 2 aromatic heterocycles. The second-order valence-corrected chi connectivity index (χ2v) is 10.3. The molecular formula is C29H29N7O3S. The van der Waals surface area contributed by atoms with Crippen LogP contribution in [-0.2, 0) is 22.7 Å². The van der Waals surface area contributed by atoms with Gasteiger partial charge in [0.1, 0.15) is 29.4 Å². The van der Waals surface area contributed by atoms with Crippen molar-refractivity contribution in [1.82, 2.24) is 24.9 Å². The van der Waals surface area contributed by atoms with E-state index in [2.05, 4.69) is 15.6 Å². The molecular weight excluding hydrogens is 526 g/mol. The van der Waals surface area contributed by atoms with Crippen LogP contribution in [0.3, 0.4) is 0 Å². The van der Waals surface area contributed by atoms with Crippen molar-refractivity contribution in [1.29, 1.82) is 0 Å². The lowest BCUT2D eigenvalue weighted by atomic mass is 10.2. The van der Waals surface area contributed by atoms with Crippen molar-refractivity contribution < 1.29 is 14.3 Å². The monoisotopic (exact) mass is 555 g/mol. The third-order valence-electron chi connectivity index (χ3n) is 6.32. The van der Waals surface area contributed by atoms with E-state index in [4.69, 9.17) is 9.72 Å². The van der Waals surface area contributed by atoms with Crippen molar-refractivity contribution in [2.45, 2.75) is 13.1 Å². The van der Waals surface area contributed by atoms with E-state index in [0.29, 0.717) is 16.2 Å². The van der Waals surface area contributed by atoms with Crippen LogP contribution in [0.15, 0.2) is 78.2 Å². The highest BCUT2D eigenvalue weighted by Gasteiger charge is 2.21. The molecule has 5 rings (SSSR count). The molecule has 0 aliphatic heterocycles. The summed E-state index contributed by atoms with van der Waals surface area (Å²) in [6, 6.07) is 22.6. The molecule has 1 N–H and O–H groups in total. The standard InChI is InChI=1S/C29H29N7O3S/c1-34(2)22-12-10-21(11-13-22)30-27(37)16-35(29(38)18-36-26-7-5-4-6-24(26)32-33-36)17-28-31-25(19-40-28)20-8-14-23(39-3)15-9-20/h4-15,19H,16-18H2,1-3H3,(H,30,37). The van der Waals surface area contributed by atoms with Crippen molar-refractivity contribution in [2.24, 2.45) is 0 Å². The van der Waals surface area contributed by atoms with E-state index >= 15 is 0 Å². The van der Waals surface area contributed by atoms with E-state index in [1.807, 2.05) is 97.2 Å². The second kappa shape index (κ2) is 12.0. The molecule has 0 saturated carbocycles. The SMILES string of the molecule is COc1ccc(-c2csc(CN(CC(=O)Nc3ccc(N(C)C)cc3)C(=O)Cn3nnc4ccccc43)n2)cc1.